The smallest absolute Gasteiger partial charge is 0.352 e. The molecule has 2 aromatic heterocycles. The third-order valence-corrected chi connectivity index (χ3v) is 7.51. The number of para-hydroxylation sites is 1. The normalized spacial score (nSPS) is 13.8. The minimum atomic E-state index is -0.937. The zero-order valence-electron chi connectivity index (χ0n) is 21.8. The van der Waals surface area contributed by atoms with Gasteiger partial charge in [-0.25, -0.2) is 9.18 Å². The van der Waals surface area contributed by atoms with Gasteiger partial charge in [-0.05, 0) is 50.3 Å². The number of aromatic amines is 1. The topological polar surface area (TPSA) is 89.4 Å². The molecule has 0 atom stereocenters. The minimum absolute atomic E-state index is 0.282. The Bertz CT molecular complexity index is 1690. The Balaban J connectivity index is 1.37. The van der Waals surface area contributed by atoms with E-state index in [0.29, 0.717) is 56.0 Å². The average molecular weight is 528 g/mol. The molecule has 3 aromatic carbocycles. The zero-order chi connectivity index (χ0) is 26.9. The minimum Gasteiger partial charge on any atom is -0.493 e. The quantitative estimate of drug-likeness (QED) is 0.241. The van der Waals surface area contributed by atoms with Crippen LogP contribution < -0.4 is 4.74 Å². The largest absolute Gasteiger partial charge is 0.493 e. The number of nitrogens with zero attached hydrogens (tertiary/aromatic N) is 2. The van der Waals surface area contributed by atoms with Crippen LogP contribution in [-0.2, 0) is 24.3 Å². The van der Waals surface area contributed by atoms with Gasteiger partial charge in [0.2, 0.25) is 0 Å². The molecule has 0 radical (unpaired) electrons. The second-order valence-corrected chi connectivity index (χ2v) is 9.95. The van der Waals surface area contributed by atoms with Crippen LogP contribution in [0.1, 0.15) is 46.7 Å². The van der Waals surface area contributed by atoms with Gasteiger partial charge in [0.1, 0.15) is 17.3 Å². The third-order valence-electron chi connectivity index (χ3n) is 7.51. The van der Waals surface area contributed by atoms with Gasteiger partial charge >= 0.3 is 5.97 Å². The van der Waals surface area contributed by atoms with E-state index in [2.05, 4.69) is 10.2 Å². The van der Waals surface area contributed by atoms with E-state index in [4.69, 9.17) is 9.47 Å². The number of aromatic carboxylic acids is 1. The van der Waals surface area contributed by atoms with Crippen molar-refractivity contribution in [3.8, 4) is 16.9 Å². The Labute approximate surface area is 225 Å². The first-order valence-corrected chi connectivity index (χ1v) is 13.3. The summed E-state index contributed by atoms with van der Waals surface area (Å²) in [5.74, 6) is -0.599. The standard InChI is InChI=1S/C31H30FN3O4/c1-19-28-24-11-4-10-22-23(12-7-17-39-27-14-6-8-20-21(27)9-5-13-25(20)32)30(31(36)37)35(29(22)24)15-2-3-16-38-18-26(28)34-33-19/h4-6,8-11,13-14H,2-3,7,12,15-18H2,1H3,(H,33,34)(H,36,37). The van der Waals surface area contributed by atoms with Crippen molar-refractivity contribution in [2.24, 2.45) is 0 Å². The Morgan fingerprint density at radius 2 is 1.90 bits per heavy atom. The van der Waals surface area contributed by atoms with Crippen molar-refractivity contribution in [2.75, 3.05) is 13.2 Å². The first-order valence-electron chi connectivity index (χ1n) is 13.3. The van der Waals surface area contributed by atoms with Crippen LogP contribution in [0.15, 0.2) is 54.6 Å². The van der Waals surface area contributed by atoms with Crippen LogP contribution >= 0.6 is 0 Å². The van der Waals surface area contributed by atoms with Crippen molar-refractivity contribution in [1.82, 2.24) is 14.8 Å². The molecule has 39 heavy (non-hydrogen) atoms. The summed E-state index contributed by atoms with van der Waals surface area (Å²) < 4.78 is 28.1. The summed E-state index contributed by atoms with van der Waals surface area (Å²) in [6.45, 7) is 3.95. The number of aryl methyl sites for hydroxylation is 3. The predicted octanol–water partition coefficient (Wildman–Crippen LogP) is 6.65. The summed E-state index contributed by atoms with van der Waals surface area (Å²) in [6, 6.07) is 16.3. The second-order valence-electron chi connectivity index (χ2n) is 9.95. The van der Waals surface area contributed by atoms with Crippen molar-refractivity contribution in [3.05, 3.63) is 83.1 Å². The second kappa shape index (κ2) is 10.5. The molecule has 0 spiro atoms. The summed E-state index contributed by atoms with van der Waals surface area (Å²) in [5, 5.41) is 20.1. The van der Waals surface area contributed by atoms with Gasteiger partial charge < -0.3 is 19.1 Å². The van der Waals surface area contributed by atoms with E-state index in [1.165, 1.54) is 6.07 Å². The van der Waals surface area contributed by atoms with Gasteiger partial charge in [-0.15, -0.1) is 0 Å². The number of hydrogen-bond acceptors (Lipinski definition) is 4. The van der Waals surface area contributed by atoms with E-state index in [1.54, 1.807) is 18.2 Å². The molecule has 3 heterocycles. The Kier molecular flexibility index (Phi) is 6.79. The number of halogens is 1. The summed E-state index contributed by atoms with van der Waals surface area (Å²) in [4.78, 5) is 12.7. The maximum atomic E-state index is 14.2. The molecule has 2 N–H and O–H groups in total. The molecule has 1 aliphatic heterocycles. The lowest BCUT2D eigenvalue weighted by Crippen LogP contribution is -2.12. The first-order chi connectivity index (χ1) is 19.0. The maximum Gasteiger partial charge on any atom is 0.352 e. The fraction of sp³-hybridized carbons (Fsp3) is 0.290. The van der Waals surface area contributed by atoms with Crippen LogP contribution in [0.4, 0.5) is 4.39 Å². The number of ether oxygens (including phenoxy) is 2. The Hall–Kier alpha value is -4.17. The molecular formula is C31H30FN3O4. The zero-order valence-corrected chi connectivity index (χ0v) is 21.8. The lowest BCUT2D eigenvalue weighted by atomic mass is 9.98. The monoisotopic (exact) mass is 527 g/mol. The van der Waals surface area contributed by atoms with E-state index < -0.39 is 5.97 Å². The molecule has 0 saturated carbocycles. The molecule has 0 aliphatic carbocycles. The van der Waals surface area contributed by atoms with Crippen molar-refractivity contribution < 1.29 is 23.8 Å². The van der Waals surface area contributed by atoms with Crippen LogP contribution in [0.3, 0.4) is 0 Å². The number of carboxylic acid groups (broad SMARTS) is 1. The Morgan fingerprint density at radius 1 is 1.10 bits per heavy atom. The van der Waals surface area contributed by atoms with Gasteiger partial charge in [0.15, 0.2) is 0 Å². The molecule has 0 saturated heterocycles. The van der Waals surface area contributed by atoms with E-state index >= 15 is 0 Å². The van der Waals surface area contributed by atoms with E-state index in [0.717, 1.165) is 57.2 Å². The summed E-state index contributed by atoms with van der Waals surface area (Å²) in [7, 11) is 0. The van der Waals surface area contributed by atoms with Gasteiger partial charge in [-0.2, -0.15) is 5.10 Å². The average Bonchev–Trinajstić information content (AvgIpc) is 3.45. The molecule has 5 aromatic rings. The van der Waals surface area contributed by atoms with Crippen molar-refractivity contribution in [2.45, 2.75) is 45.8 Å². The lowest BCUT2D eigenvalue weighted by Gasteiger charge is -2.12. The molecule has 8 heteroatoms. The van der Waals surface area contributed by atoms with Crippen LogP contribution in [0, 0.1) is 12.7 Å². The number of fused-ring (bicyclic) bond motifs is 3. The molecule has 1 aliphatic rings. The van der Waals surface area contributed by atoms with Crippen LogP contribution in [-0.4, -0.2) is 39.1 Å². The van der Waals surface area contributed by atoms with E-state index in [-0.39, 0.29) is 5.82 Å². The summed E-state index contributed by atoms with van der Waals surface area (Å²) >= 11 is 0. The SMILES string of the molecule is Cc1n[nH]c2c1-c1cccc3c(CCCOc4cccc5c(F)cccc45)c(C(=O)O)n(c13)CCCCOC2. The fourth-order valence-corrected chi connectivity index (χ4v) is 5.79. The number of rotatable bonds is 6. The van der Waals surface area contributed by atoms with E-state index in [1.807, 2.05) is 41.8 Å². The number of aromatic nitrogens is 3. The molecule has 0 fully saturated rings. The van der Waals surface area contributed by atoms with Crippen molar-refractivity contribution in [3.63, 3.8) is 0 Å². The van der Waals surface area contributed by atoms with Crippen LogP contribution in [0.25, 0.3) is 32.8 Å². The number of benzene rings is 3. The Morgan fingerprint density at radius 3 is 2.77 bits per heavy atom. The first kappa shape index (κ1) is 25.1. The predicted molar refractivity (Wildman–Crippen MR) is 148 cm³/mol. The molecule has 0 unspecified atom stereocenters. The summed E-state index contributed by atoms with van der Waals surface area (Å²) in [6.07, 6.45) is 2.79. The molecule has 7 nitrogen and oxygen atoms in total. The van der Waals surface area contributed by atoms with E-state index in [9.17, 15) is 14.3 Å². The lowest BCUT2D eigenvalue weighted by molar-refractivity contribution is 0.0683. The molecule has 0 amide bonds. The highest BCUT2D eigenvalue weighted by atomic mass is 19.1. The van der Waals surface area contributed by atoms with Gasteiger partial charge in [-0.3, -0.25) is 5.10 Å². The fourth-order valence-electron chi connectivity index (χ4n) is 5.79. The van der Waals surface area contributed by atoms with Gasteiger partial charge in [0, 0.05) is 40.4 Å². The maximum absolute atomic E-state index is 14.2. The molecule has 6 rings (SSSR count). The van der Waals surface area contributed by atoms with Gasteiger partial charge in [-0.1, -0.05) is 42.5 Å². The highest BCUT2D eigenvalue weighted by molar-refractivity contribution is 6.04. The van der Waals surface area contributed by atoms with Gasteiger partial charge in [0.05, 0.1) is 30.1 Å². The highest BCUT2D eigenvalue weighted by Gasteiger charge is 2.26. The third kappa shape index (κ3) is 4.55. The highest BCUT2D eigenvalue weighted by Crippen LogP contribution is 2.38. The summed E-state index contributed by atoms with van der Waals surface area (Å²) in [5.41, 5.74) is 5.73. The number of hydrogen-bond donors (Lipinski definition) is 2. The number of carboxylic acids is 1. The number of carbonyl (C=O) groups is 1. The molecule has 0 bridgehead atoms. The molecular weight excluding hydrogens is 497 g/mol. The van der Waals surface area contributed by atoms with Crippen molar-refractivity contribution >= 4 is 27.6 Å². The van der Waals surface area contributed by atoms with Gasteiger partial charge in [0.25, 0.3) is 0 Å². The van der Waals surface area contributed by atoms with Crippen LogP contribution in [0.5, 0.6) is 5.75 Å². The number of nitrogens with one attached hydrogen (secondary N) is 1. The number of H-pyrrole nitrogens is 1. The van der Waals surface area contributed by atoms with Crippen LogP contribution in [0.2, 0.25) is 0 Å². The molecule has 200 valence electrons. The van der Waals surface area contributed by atoms with Crippen molar-refractivity contribution in [1.29, 1.82) is 0 Å².